The number of benzene rings is 1. The Bertz CT molecular complexity index is 946. The molecule has 0 aliphatic carbocycles. The Hall–Kier alpha value is -3.05. The Morgan fingerprint density at radius 2 is 2.00 bits per heavy atom. The average molecular weight is 339 g/mol. The maximum Gasteiger partial charge on any atom is 0.285 e. The summed E-state index contributed by atoms with van der Waals surface area (Å²) in [5.41, 5.74) is 1.10. The number of pyridine rings is 1. The van der Waals surface area contributed by atoms with Gasteiger partial charge in [0.15, 0.2) is 5.84 Å². The van der Waals surface area contributed by atoms with E-state index in [-0.39, 0.29) is 23.7 Å². The van der Waals surface area contributed by atoms with Crippen molar-refractivity contribution in [2.24, 2.45) is 9.50 Å². The second-order valence-corrected chi connectivity index (χ2v) is 6.49. The predicted molar refractivity (Wildman–Crippen MR) is 88.9 cm³/mol. The summed E-state index contributed by atoms with van der Waals surface area (Å²) in [7, 11) is -3.73. The fourth-order valence-electron chi connectivity index (χ4n) is 2.23. The van der Waals surface area contributed by atoms with E-state index < -0.39 is 10.0 Å². The number of hydrogen-bond donors (Lipinski definition) is 0. The third-order valence-corrected chi connectivity index (χ3v) is 4.63. The summed E-state index contributed by atoms with van der Waals surface area (Å²) in [5.74, 6) is 0.216. The molecule has 7 nitrogen and oxygen atoms in total. The molecule has 0 saturated heterocycles. The molecule has 0 radical (unpaired) electrons. The molecule has 0 atom stereocenters. The van der Waals surface area contributed by atoms with Crippen LogP contribution >= 0.6 is 0 Å². The van der Waals surface area contributed by atoms with Crippen molar-refractivity contribution >= 4 is 22.1 Å². The number of nitriles is 1. The molecule has 0 N–H and O–H groups in total. The third kappa shape index (κ3) is 3.16. The molecule has 1 aromatic carbocycles. The molecule has 0 bridgehead atoms. The van der Waals surface area contributed by atoms with Gasteiger partial charge in [0.05, 0.1) is 30.9 Å². The first-order chi connectivity index (χ1) is 11.6. The summed E-state index contributed by atoms with van der Waals surface area (Å²) in [6.07, 6.45) is 3.32. The minimum Gasteiger partial charge on any atom is -0.255 e. The first kappa shape index (κ1) is 15.8. The van der Waals surface area contributed by atoms with E-state index in [1.807, 2.05) is 12.1 Å². The van der Waals surface area contributed by atoms with Gasteiger partial charge in [-0.1, -0.05) is 18.2 Å². The maximum absolute atomic E-state index is 12.2. The average Bonchev–Trinajstić information content (AvgIpc) is 2.88. The monoisotopic (exact) mass is 339 g/mol. The minimum atomic E-state index is -3.73. The third-order valence-electron chi connectivity index (χ3n) is 3.31. The molecule has 2 aromatic rings. The molecular formula is C16H13N5O2S. The summed E-state index contributed by atoms with van der Waals surface area (Å²) < 4.78 is 28.2. The summed E-state index contributed by atoms with van der Waals surface area (Å²) in [6, 6.07) is 14.0. The largest absolute Gasteiger partial charge is 0.285 e. The van der Waals surface area contributed by atoms with Crippen LogP contribution in [-0.4, -0.2) is 37.0 Å². The second-order valence-electron chi connectivity index (χ2n) is 4.92. The molecule has 0 spiro atoms. The first-order valence-corrected chi connectivity index (χ1v) is 8.60. The molecule has 8 heteroatoms. The molecule has 1 aromatic heterocycles. The number of sulfonamides is 1. The number of amidine groups is 1. The summed E-state index contributed by atoms with van der Waals surface area (Å²) >= 11 is 0. The van der Waals surface area contributed by atoms with Gasteiger partial charge in [0.2, 0.25) is 0 Å². The first-order valence-electron chi connectivity index (χ1n) is 7.16. The van der Waals surface area contributed by atoms with Crippen LogP contribution in [0.1, 0.15) is 17.7 Å². The SMILES string of the molecule is N#CCCN(/N=C/c1ccccn1)C1=NS(=O)(=O)c2ccccc21. The summed E-state index contributed by atoms with van der Waals surface area (Å²) in [5, 5.41) is 14.5. The highest BCUT2D eigenvalue weighted by Gasteiger charge is 2.31. The van der Waals surface area contributed by atoms with Crippen molar-refractivity contribution in [2.45, 2.75) is 11.3 Å². The van der Waals surface area contributed by atoms with Crippen LogP contribution < -0.4 is 0 Å². The molecule has 0 amide bonds. The predicted octanol–water partition coefficient (Wildman–Crippen LogP) is 1.78. The van der Waals surface area contributed by atoms with Gasteiger partial charge >= 0.3 is 0 Å². The zero-order valence-corrected chi connectivity index (χ0v) is 13.4. The molecule has 0 unspecified atom stereocenters. The standard InChI is InChI=1S/C16H13N5O2S/c17-9-5-11-21(19-12-13-6-3-4-10-18-13)16-14-7-1-2-8-15(14)24(22,23)20-16/h1-4,6-8,10,12H,5,11H2/b19-12+. The van der Waals surface area contributed by atoms with Crippen LogP contribution in [0.3, 0.4) is 0 Å². The maximum atomic E-state index is 12.2. The minimum absolute atomic E-state index is 0.148. The van der Waals surface area contributed by atoms with E-state index in [0.717, 1.165) is 0 Å². The van der Waals surface area contributed by atoms with Crippen LogP contribution in [0.15, 0.2) is 63.1 Å². The van der Waals surface area contributed by atoms with Crippen molar-refractivity contribution in [3.63, 3.8) is 0 Å². The molecule has 3 rings (SSSR count). The van der Waals surface area contributed by atoms with Gasteiger partial charge in [-0.2, -0.15) is 18.8 Å². The fraction of sp³-hybridized carbons (Fsp3) is 0.125. The second kappa shape index (κ2) is 6.60. The molecular weight excluding hydrogens is 326 g/mol. The Morgan fingerprint density at radius 1 is 1.21 bits per heavy atom. The lowest BCUT2D eigenvalue weighted by molar-refractivity contribution is 0.459. The Kier molecular flexibility index (Phi) is 4.35. The van der Waals surface area contributed by atoms with E-state index in [9.17, 15) is 8.42 Å². The molecule has 0 fully saturated rings. The van der Waals surface area contributed by atoms with Gasteiger partial charge in [0, 0.05) is 11.8 Å². The Morgan fingerprint density at radius 3 is 2.75 bits per heavy atom. The number of nitrogens with zero attached hydrogens (tertiary/aromatic N) is 5. The molecule has 2 heterocycles. The number of rotatable bonds is 4. The zero-order valence-electron chi connectivity index (χ0n) is 12.6. The molecule has 0 saturated carbocycles. The highest BCUT2D eigenvalue weighted by atomic mass is 32.2. The number of aromatic nitrogens is 1. The molecule has 120 valence electrons. The Balaban J connectivity index is 1.98. The number of hydrogen-bond acceptors (Lipinski definition) is 6. The molecule has 1 aliphatic heterocycles. The van der Waals surface area contributed by atoms with Crippen LogP contribution in [0.25, 0.3) is 0 Å². The lowest BCUT2D eigenvalue weighted by Crippen LogP contribution is -2.27. The van der Waals surface area contributed by atoms with Crippen molar-refractivity contribution in [3.8, 4) is 6.07 Å². The van der Waals surface area contributed by atoms with E-state index in [2.05, 4.69) is 14.5 Å². The van der Waals surface area contributed by atoms with Crippen molar-refractivity contribution < 1.29 is 8.42 Å². The van der Waals surface area contributed by atoms with E-state index in [4.69, 9.17) is 5.26 Å². The van der Waals surface area contributed by atoms with Gasteiger partial charge in [-0.15, -0.1) is 4.40 Å². The van der Waals surface area contributed by atoms with Gasteiger partial charge in [0.25, 0.3) is 10.0 Å². The normalized spacial score (nSPS) is 14.9. The van der Waals surface area contributed by atoms with Crippen LogP contribution in [0.2, 0.25) is 0 Å². The quantitative estimate of drug-likeness (QED) is 0.624. The van der Waals surface area contributed by atoms with E-state index in [1.54, 1.807) is 36.5 Å². The van der Waals surface area contributed by atoms with Gasteiger partial charge in [0.1, 0.15) is 4.90 Å². The van der Waals surface area contributed by atoms with Crippen molar-refractivity contribution in [1.29, 1.82) is 5.26 Å². The van der Waals surface area contributed by atoms with E-state index >= 15 is 0 Å². The summed E-state index contributed by atoms with van der Waals surface area (Å²) in [6.45, 7) is 0.225. The molecule has 1 aliphatic rings. The van der Waals surface area contributed by atoms with E-state index in [0.29, 0.717) is 11.3 Å². The van der Waals surface area contributed by atoms with Gasteiger partial charge in [-0.05, 0) is 24.3 Å². The fourth-order valence-corrected chi connectivity index (χ4v) is 3.44. The van der Waals surface area contributed by atoms with Crippen LogP contribution in [0.5, 0.6) is 0 Å². The lowest BCUT2D eigenvalue weighted by atomic mass is 10.2. The van der Waals surface area contributed by atoms with Crippen molar-refractivity contribution in [3.05, 3.63) is 59.9 Å². The van der Waals surface area contributed by atoms with Crippen LogP contribution in [-0.2, 0) is 10.0 Å². The van der Waals surface area contributed by atoms with Gasteiger partial charge < -0.3 is 0 Å². The number of fused-ring (bicyclic) bond motifs is 1. The topological polar surface area (TPSA) is 98.8 Å². The van der Waals surface area contributed by atoms with E-state index in [1.165, 1.54) is 17.3 Å². The highest BCUT2D eigenvalue weighted by molar-refractivity contribution is 7.90. The zero-order chi connectivity index (χ0) is 17.0. The molecule has 24 heavy (non-hydrogen) atoms. The van der Waals surface area contributed by atoms with Crippen LogP contribution in [0, 0.1) is 11.3 Å². The summed E-state index contributed by atoms with van der Waals surface area (Å²) in [4.78, 5) is 4.28. The van der Waals surface area contributed by atoms with Crippen molar-refractivity contribution in [1.82, 2.24) is 9.99 Å². The number of hydrazone groups is 1. The highest BCUT2D eigenvalue weighted by Crippen LogP contribution is 2.27. The smallest absolute Gasteiger partial charge is 0.255 e. The van der Waals surface area contributed by atoms with Gasteiger partial charge in [-0.3, -0.25) is 4.98 Å². The Labute approximate surface area is 139 Å². The van der Waals surface area contributed by atoms with Crippen molar-refractivity contribution in [2.75, 3.05) is 6.54 Å². The lowest BCUT2D eigenvalue weighted by Gasteiger charge is -2.17. The van der Waals surface area contributed by atoms with Gasteiger partial charge in [-0.25, -0.2) is 5.01 Å². The van der Waals surface area contributed by atoms with Crippen LogP contribution in [0.4, 0.5) is 0 Å².